The Hall–Kier alpha value is -0.800. The number of nitrogens with two attached hydrogens (primary N) is 1. The van der Waals surface area contributed by atoms with Crippen molar-refractivity contribution in [3.05, 3.63) is 22.4 Å². The molecule has 0 unspecified atom stereocenters. The summed E-state index contributed by atoms with van der Waals surface area (Å²) in [5, 5.41) is 4.74. The molecule has 1 aromatic carbocycles. The van der Waals surface area contributed by atoms with E-state index in [1.165, 1.54) is 0 Å². The maximum absolute atomic E-state index is 13.2. The third-order valence-corrected chi connectivity index (χ3v) is 2.99. The average Bonchev–Trinajstić information content (AvgIpc) is 2.09. The Morgan fingerprint density at radius 3 is 2.31 bits per heavy atom. The molecule has 90 valence electrons. The highest BCUT2D eigenvalue weighted by molar-refractivity contribution is 9.10. The molecule has 0 aromatic heterocycles. The summed E-state index contributed by atoms with van der Waals surface area (Å²) in [6.45, 7) is -3.22. The Labute approximate surface area is 97.4 Å². The maximum atomic E-state index is 13.2. The number of rotatable bonds is 3. The fourth-order valence-electron chi connectivity index (χ4n) is 0.903. The molecular weight excluding hydrogens is 315 g/mol. The van der Waals surface area contributed by atoms with E-state index in [9.17, 15) is 21.6 Å². The van der Waals surface area contributed by atoms with Gasteiger partial charge in [-0.05, 0) is 28.1 Å². The molecule has 4 nitrogen and oxygen atoms in total. The summed E-state index contributed by atoms with van der Waals surface area (Å²) in [4.78, 5) is -0.543. The van der Waals surface area contributed by atoms with E-state index in [0.717, 1.165) is 6.07 Å². The van der Waals surface area contributed by atoms with Gasteiger partial charge in [-0.2, -0.15) is 8.78 Å². The lowest BCUT2D eigenvalue weighted by Gasteiger charge is -2.09. The first-order valence-corrected chi connectivity index (χ1v) is 6.02. The van der Waals surface area contributed by atoms with E-state index in [0.29, 0.717) is 6.07 Å². The van der Waals surface area contributed by atoms with Gasteiger partial charge < -0.3 is 4.74 Å². The van der Waals surface area contributed by atoms with Crippen LogP contribution < -0.4 is 9.88 Å². The molecule has 0 saturated carbocycles. The molecule has 0 aliphatic carbocycles. The third-order valence-electron chi connectivity index (χ3n) is 1.51. The molecule has 1 aromatic rings. The van der Waals surface area contributed by atoms with Gasteiger partial charge in [0, 0.05) is 0 Å². The van der Waals surface area contributed by atoms with Crippen LogP contribution in [0, 0.1) is 5.82 Å². The van der Waals surface area contributed by atoms with E-state index < -0.39 is 33.1 Å². The maximum Gasteiger partial charge on any atom is 0.387 e. The molecule has 9 heteroatoms. The zero-order valence-corrected chi connectivity index (χ0v) is 9.86. The largest absolute Gasteiger partial charge is 0.430 e. The van der Waals surface area contributed by atoms with Gasteiger partial charge >= 0.3 is 6.61 Å². The first-order valence-electron chi connectivity index (χ1n) is 3.68. The number of sulfonamides is 1. The van der Waals surface area contributed by atoms with E-state index in [2.05, 4.69) is 20.7 Å². The van der Waals surface area contributed by atoms with Gasteiger partial charge in [0.05, 0.1) is 9.37 Å². The van der Waals surface area contributed by atoms with Crippen LogP contribution in [0.2, 0.25) is 0 Å². The summed E-state index contributed by atoms with van der Waals surface area (Å²) >= 11 is 2.70. The van der Waals surface area contributed by atoms with Crippen LogP contribution in [0.1, 0.15) is 0 Å². The van der Waals surface area contributed by atoms with E-state index >= 15 is 0 Å². The SMILES string of the molecule is NS(=O)(=O)c1cc(F)c(OC(F)F)c(Br)c1. The van der Waals surface area contributed by atoms with Gasteiger partial charge in [-0.1, -0.05) is 0 Å². The number of alkyl halides is 2. The predicted molar refractivity (Wildman–Crippen MR) is 52.1 cm³/mol. The highest BCUT2D eigenvalue weighted by Gasteiger charge is 2.18. The minimum Gasteiger partial charge on any atom is -0.430 e. The van der Waals surface area contributed by atoms with Crippen LogP contribution in [-0.2, 0) is 10.0 Å². The van der Waals surface area contributed by atoms with E-state index in [-0.39, 0.29) is 4.47 Å². The van der Waals surface area contributed by atoms with Crippen molar-refractivity contribution in [1.29, 1.82) is 0 Å². The lowest BCUT2D eigenvalue weighted by Crippen LogP contribution is -2.13. The monoisotopic (exact) mass is 319 g/mol. The van der Waals surface area contributed by atoms with Gasteiger partial charge in [-0.25, -0.2) is 17.9 Å². The molecule has 0 saturated heterocycles. The van der Waals surface area contributed by atoms with Crippen molar-refractivity contribution in [3.63, 3.8) is 0 Å². The van der Waals surface area contributed by atoms with Crippen molar-refractivity contribution >= 4 is 26.0 Å². The predicted octanol–water partition coefficient (Wildman–Crippen LogP) is 1.84. The second kappa shape index (κ2) is 4.60. The topological polar surface area (TPSA) is 69.4 Å². The Morgan fingerprint density at radius 1 is 1.38 bits per heavy atom. The first kappa shape index (κ1) is 13.3. The molecule has 0 fully saturated rings. The molecule has 0 spiro atoms. The Kier molecular flexibility index (Phi) is 3.81. The molecule has 0 aliphatic heterocycles. The van der Waals surface area contributed by atoms with Crippen molar-refractivity contribution in [2.75, 3.05) is 0 Å². The minimum atomic E-state index is -4.11. The fourth-order valence-corrected chi connectivity index (χ4v) is 2.13. The highest BCUT2D eigenvalue weighted by Crippen LogP contribution is 2.31. The normalized spacial score (nSPS) is 11.9. The zero-order valence-electron chi connectivity index (χ0n) is 7.45. The summed E-state index contributed by atoms with van der Waals surface area (Å²) in [5.41, 5.74) is 0. The van der Waals surface area contributed by atoms with Crippen LogP contribution in [0.25, 0.3) is 0 Å². The summed E-state index contributed by atoms with van der Waals surface area (Å²) < 4.78 is 62.2. The van der Waals surface area contributed by atoms with Gasteiger partial charge in [0.2, 0.25) is 10.0 Å². The van der Waals surface area contributed by atoms with Crippen LogP contribution in [-0.4, -0.2) is 15.0 Å². The number of ether oxygens (including phenoxy) is 1. The standard InChI is InChI=1S/C7H5BrF3NO3S/c8-4-1-3(16(12,13)14)2-5(9)6(4)15-7(10)11/h1-2,7H,(H2,12,13,14). The van der Waals surface area contributed by atoms with Crippen LogP contribution in [0.4, 0.5) is 13.2 Å². The van der Waals surface area contributed by atoms with Gasteiger partial charge in [0.25, 0.3) is 0 Å². The lowest BCUT2D eigenvalue weighted by atomic mass is 10.3. The van der Waals surface area contributed by atoms with Crippen LogP contribution in [0.15, 0.2) is 21.5 Å². The smallest absolute Gasteiger partial charge is 0.387 e. The van der Waals surface area contributed by atoms with Gasteiger partial charge in [-0.15, -0.1) is 0 Å². The molecule has 0 heterocycles. The molecular formula is C7H5BrF3NO3S. The van der Waals surface area contributed by atoms with Crippen molar-refractivity contribution in [3.8, 4) is 5.75 Å². The van der Waals surface area contributed by atoms with Crippen molar-refractivity contribution < 1.29 is 26.3 Å². The van der Waals surface area contributed by atoms with Gasteiger partial charge in [-0.3, -0.25) is 0 Å². The second-order valence-electron chi connectivity index (χ2n) is 2.64. The number of benzene rings is 1. The quantitative estimate of drug-likeness (QED) is 0.924. The Morgan fingerprint density at radius 2 is 1.94 bits per heavy atom. The summed E-state index contributed by atoms with van der Waals surface area (Å²) in [6.07, 6.45) is 0. The number of hydrogen-bond donors (Lipinski definition) is 1. The molecule has 16 heavy (non-hydrogen) atoms. The molecule has 0 aliphatic rings. The number of halogens is 4. The van der Waals surface area contributed by atoms with Crippen molar-refractivity contribution in [2.45, 2.75) is 11.5 Å². The first-order chi connectivity index (χ1) is 7.21. The van der Waals surface area contributed by atoms with Gasteiger partial charge in [0.15, 0.2) is 11.6 Å². The minimum absolute atomic E-state index is 0.267. The highest BCUT2D eigenvalue weighted by atomic mass is 79.9. The zero-order chi connectivity index (χ0) is 12.5. The molecule has 1 rings (SSSR count). The van der Waals surface area contributed by atoms with Gasteiger partial charge in [0.1, 0.15) is 0 Å². The summed E-state index contributed by atoms with van der Waals surface area (Å²) in [6, 6.07) is 1.37. The third kappa shape index (κ3) is 3.09. The average molecular weight is 320 g/mol. The number of primary sulfonamides is 1. The van der Waals surface area contributed by atoms with Crippen LogP contribution >= 0.6 is 15.9 Å². The fraction of sp³-hybridized carbons (Fsp3) is 0.143. The summed E-state index contributed by atoms with van der Waals surface area (Å²) in [7, 11) is -4.11. The lowest BCUT2D eigenvalue weighted by molar-refractivity contribution is -0.0527. The van der Waals surface area contributed by atoms with E-state index in [1.54, 1.807) is 0 Å². The molecule has 2 N–H and O–H groups in total. The van der Waals surface area contributed by atoms with Crippen molar-refractivity contribution in [2.24, 2.45) is 5.14 Å². The molecule has 0 bridgehead atoms. The van der Waals surface area contributed by atoms with E-state index in [4.69, 9.17) is 5.14 Å². The van der Waals surface area contributed by atoms with Crippen molar-refractivity contribution in [1.82, 2.24) is 0 Å². The number of hydrogen-bond acceptors (Lipinski definition) is 3. The molecule has 0 atom stereocenters. The Bertz CT molecular complexity index is 483. The van der Waals surface area contributed by atoms with Crippen LogP contribution in [0.5, 0.6) is 5.75 Å². The Balaban J connectivity index is 3.28. The van der Waals surface area contributed by atoms with E-state index in [1.807, 2.05) is 0 Å². The molecule has 0 amide bonds. The molecule has 0 radical (unpaired) electrons. The summed E-state index contributed by atoms with van der Waals surface area (Å²) in [5.74, 6) is -2.03. The second-order valence-corrected chi connectivity index (χ2v) is 5.06. The van der Waals surface area contributed by atoms with Crippen LogP contribution in [0.3, 0.4) is 0 Å².